The van der Waals surface area contributed by atoms with Crippen LogP contribution in [0, 0.1) is 116 Å². The van der Waals surface area contributed by atoms with E-state index < -0.39 is 144 Å². The van der Waals surface area contributed by atoms with Gasteiger partial charge < -0.3 is 0 Å². The quantitative estimate of drug-likeness (QED) is 0.0370. The van der Waals surface area contributed by atoms with Crippen LogP contribution in [0.15, 0.2) is 78.9 Å². The molecule has 0 aliphatic heterocycles. The van der Waals surface area contributed by atoms with Gasteiger partial charge >= 0.3 is 0 Å². The normalized spacial score (nSPS) is 12.7. The van der Waals surface area contributed by atoms with Crippen molar-refractivity contribution in [3.63, 3.8) is 0 Å². The van der Waals surface area contributed by atoms with Crippen molar-refractivity contribution >= 4 is 44.7 Å². The number of carbonyl (C=O) groups is 1. The number of rotatable bonds is 8. The highest BCUT2D eigenvalue weighted by molar-refractivity contribution is 7.97. The summed E-state index contributed by atoms with van der Waals surface area (Å²) in [7, 11) is -0.0482. The molecule has 1 aliphatic rings. The molecule has 7 aromatic carbocycles. The molecule has 69 heavy (non-hydrogen) atoms. The van der Waals surface area contributed by atoms with E-state index in [-0.39, 0.29) is 16.7 Å². The van der Waals surface area contributed by atoms with Gasteiger partial charge in [0.15, 0.2) is 80.8 Å². The van der Waals surface area contributed by atoms with Crippen molar-refractivity contribution in [2.24, 2.45) is 0 Å². The second-order valence-electron chi connectivity index (χ2n) is 15.0. The molecule has 8 rings (SSSR count). The monoisotopic (exact) mass is 1010 g/mol. The molecule has 0 saturated heterocycles. The van der Waals surface area contributed by atoms with Crippen LogP contribution in [0.2, 0.25) is 0 Å². The molecule has 1 aliphatic carbocycles. The average Bonchev–Trinajstić information content (AvgIpc) is 3.69. The lowest BCUT2D eigenvalue weighted by Crippen LogP contribution is -2.81. The zero-order chi connectivity index (χ0) is 50.9. The zero-order valence-corrected chi connectivity index (χ0v) is 34.6. The number of Topliss-reactive ketones (excluding diaryl/α,β-unsaturated/α-hetero) is 1. The van der Waals surface area contributed by atoms with Crippen molar-refractivity contribution in [3.05, 3.63) is 212 Å². The molecule has 23 heteroatoms. The van der Waals surface area contributed by atoms with Gasteiger partial charge in [0, 0.05) is 27.6 Å². The number of halogens is 20. The van der Waals surface area contributed by atoms with Crippen LogP contribution in [0.4, 0.5) is 87.8 Å². The highest BCUT2D eigenvalue weighted by Gasteiger charge is 2.52. The van der Waals surface area contributed by atoms with Crippen LogP contribution >= 0.6 is 0 Å². The fourth-order valence-electron chi connectivity index (χ4n) is 8.41. The molecular formula is C46H19BF20OS. The summed E-state index contributed by atoms with van der Waals surface area (Å²) in [4.78, 5) is 12.6. The largest absolute Gasteiger partial charge is 0.289 e. The van der Waals surface area contributed by atoms with Crippen LogP contribution in [-0.4, -0.2) is 23.9 Å². The fraction of sp³-hybridized carbons (Fsp3) is 0.0652. The maximum absolute atomic E-state index is 15.4. The number of hydrogen-bond acceptors (Lipinski definition) is 1. The topological polar surface area (TPSA) is 17.1 Å². The summed E-state index contributed by atoms with van der Waals surface area (Å²) in [6.45, 7) is 0. The van der Waals surface area contributed by atoms with Crippen molar-refractivity contribution in [2.45, 2.75) is 5.25 Å². The summed E-state index contributed by atoms with van der Waals surface area (Å²) >= 11 is 0. The molecule has 1 atom stereocenters. The third-order valence-electron chi connectivity index (χ3n) is 11.3. The molecule has 0 fully saturated rings. The van der Waals surface area contributed by atoms with Gasteiger partial charge in [-0.1, -0.05) is 78.9 Å². The summed E-state index contributed by atoms with van der Waals surface area (Å²) in [5.41, 5.74) is -8.13. The Balaban J connectivity index is 0.000000244. The summed E-state index contributed by atoms with van der Waals surface area (Å²) in [5, 5.41) is 0.324. The van der Waals surface area contributed by atoms with E-state index in [1.807, 2.05) is 30.3 Å². The first kappa shape index (κ1) is 50.1. The van der Waals surface area contributed by atoms with Crippen LogP contribution in [-0.2, 0) is 10.9 Å². The molecule has 0 heterocycles. The molecule has 0 spiro atoms. The van der Waals surface area contributed by atoms with Gasteiger partial charge in [-0.3, -0.25) is 4.79 Å². The molecular weight excluding hydrogens is 991 g/mol. The Labute approximate surface area is 376 Å². The van der Waals surface area contributed by atoms with Gasteiger partial charge in [0.25, 0.3) is 0 Å². The summed E-state index contributed by atoms with van der Waals surface area (Å²) in [5.74, 6) is -70.6. The highest BCUT2D eigenvalue weighted by Crippen LogP contribution is 2.47. The second kappa shape index (κ2) is 18.6. The molecule has 0 saturated carbocycles. The first-order valence-electron chi connectivity index (χ1n) is 19.1. The maximum atomic E-state index is 15.4. The van der Waals surface area contributed by atoms with Gasteiger partial charge in [-0.15, -0.1) is 21.9 Å². The SMILES string of the molecule is C[S+](CC(=O)c1ccccc1)C1c2ccccc2-c2ccccc21.Fc1c(F)c(F)c([B-](c2c(F)c(F)c(F)c(F)c2F)(c2c(F)c(F)c(F)c(F)c2F)c2c(F)c(F)c(F)c(F)c2F)c(F)c1F. The number of fused-ring (bicyclic) bond motifs is 3. The van der Waals surface area contributed by atoms with Crippen LogP contribution in [0.5, 0.6) is 0 Å². The smallest absolute Gasteiger partial charge is 0.211 e. The van der Waals surface area contributed by atoms with Gasteiger partial charge in [0.2, 0.25) is 5.78 Å². The lowest BCUT2D eigenvalue weighted by Gasteiger charge is -2.44. The molecule has 358 valence electrons. The lowest BCUT2D eigenvalue weighted by molar-refractivity contribution is 0.102. The van der Waals surface area contributed by atoms with E-state index in [2.05, 4.69) is 54.8 Å². The van der Waals surface area contributed by atoms with E-state index in [0.29, 0.717) is 11.0 Å². The van der Waals surface area contributed by atoms with E-state index in [1.54, 1.807) is 0 Å². The molecule has 1 nitrogen and oxygen atoms in total. The van der Waals surface area contributed by atoms with Crippen molar-refractivity contribution in [2.75, 3.05) is 12.0 Å². The summed E-state index contributed by atoms with van der Waals surface area (Å²) in [6.07, 6.45) is -4.99. The summed E-state index contributed by atoms with van der Waals surface area (Å²) < 4.78 is 294. The van der Waals surface area contributed by atoms with Crippen LogP contribution in [0.25, 0.3) is 11.1 Å². The van der Waals surface area contributed by atoms with E-state index in [1.165, 1.54) is 22.3 Å². The minimum Gasteiger partial charge on any atom is -0.289 e. The molecule has 0 aromatic heterocycles. The summed E-state index contributed by atoms with van der Waals surface area (Å²) in [6, 6.07) is 26.9. The lowest BCUT2D eigenvalue weighted by atomic mass is 9.12. The van der Waals surface area contributed by atoms with Gasteiger partial charge in [-0.05, 0) is 11.1 Å². The Morgan fingerprint density at radius 2 is 0.594 bits per heavy atom. The van der Waals surface area contributed by atoms with Crippen molar-refractivity contribution < 1.29 is 92.6 Å². The van der Waals surface area contributed by atoms with Crippen LogP contribution in [0.3, 0.4) is 0 Å². The van der Waals surface area contributed by atoms with Crippen LogP contribution < -0.4 is 21.9 Å². The zero-order valence-electron chi connectivity index (χ0n) is 33.7. The second-order valence-corrected chi connectivity index (χ2v) is 17.1. The maximum Gasteiger partial charge on any atom is 0.211 e. The Hall–Kier alpha value is -6.78. The van der Waals surface area contributed by atoms with Gasteiger partial charge in [0.1, 0.15) is 52.7 Å². The molecule has 1 unspecified atom stereocenters. The van der Waals surface area contributed by atoms with Gasteiger partial charge in [0.05, 0.1) is 6.26 Å². The van der Waals surface area contributed by atoms with Gasteiger partial charge in [-0.25, -0.2) is 87.8 Å². The minimum absolute atomic E-state index is 0.0482. The third-order valence-corrected chi connectivity index (χ3v) is 13.4. The molecule has 0 bridgehead atoms. The standard InChI is InChI=1S/C24BF20.C22H19OS/c26-5-1(6(27)14(35)21(42)13(5)34)25(2-7(28)15(36)22(43)16(37)8(2)29,3-9(30)17(38)23(44)18(39)10(3)31)4-11(32)19(40)24(45)20(41)12(4)33;1-24(15-21(23)16-9-3-2-4-10-16)22-19-13-7-5-11-17(19)18-12-6-8-14-20(18)22/h;2-14,22H,15H2,1H3/q-1;+1. The van der Waals surface area contributed by atoms with E-state index in [4.69, 9.17) is 0 Å². The fourth-order valence-corrected chi connectivity index (χ4v) is 10.4. The highest BCUT2D eigenvalue weighted by atomic mass is 32.2. The minimum atomic E-state index is -7.22. The predicted molar refractivity (Wildman–Crippen MR) is 212 cm³/mol. The number of hydrogen-bond donors (Lipinski definition) is 0. The Kier molecular flexibility index (Phi) is 13.5. The molecule has 0 N–H and O–H groups in total. The van der Waals surface area contributed by atoms with Crippen molar-refractivity contribution in [3.8, 4) is 11.1 Å². The number of carbonyl (C=O) groups excluding carboxylic acids is 1. The molecule has 7 aromatic rings. The van der Waals surface area contributed by atoms with Crippen LogP contribution in [0.1, 0.15) is 26.7 Å². The molecule has 0 amide bonds. The number of benzene rings is 7. The Bertz CT molecular complexity index is 2830. The predicted octanol–water partition coefficient (Wildman–Crippen LogP) is 10.7. The first-order chi connectivity index (χ1) is 32.5. The van der Waals surface area contributed by atoms with E-state index in [9.17, 15) is 57.5 Å². The van der Waals surface area contributed by atoms with E-state index in [0.717, 1.165) is 5.56 Å². The third kappa shape index (κ3) is 7.68. The van der Waals surface area contributed by atoms with Crippen molar-refractivity contribution in [1.29, 1.82) is 0 Å². The van der Waals surface area contributed by atoms with Crippen molar-refractivity contribution in [1.82, 2.24) is 0 Å². The average molecular weight is 1010 g/mol. The number of ketones is 1. The molecule has 0 radical (unpaired) electrons. The van der Waals surface area contributed by atoms with E-state index >= 15 is 35.1 Å². The Morgan fingerprint density at radius 1 is 0.362 bits per heavy atom. The van der Waals surface area contributed by atoms with Gasteiger partial charge in [-0.2, -0.15) is 0 Å². The first-order valence-corrected chi connectivity index (χ1v) is 20.9. The Morgan fingerprint density at radius 3 is 0.870 bits per heavy atom.